The van der Waals surface area contributed by atoms with E-state index in [0.29, 0.717) is 4.47 Å². The van der Waals surface area contributed by atoms with Gasteiger partial charge in [0.25, 0.3) is 0 Å². The predicted octanol–water partition coefficient (Wildman–Crippen LogP) is -0.0204. The predicted molar refractivity (Wildman–Crippen MR) is 67.1 cm³/mol. The summed E-state index contributed by atoms with van der Waals surface area (Å²) in [6.07, 6.45) is 0. The molecular weight excluding hydrogens is 313 g/mol. The molecule has 0 saturated heterocycles. The summed E-state index contributed by atoms with van der Waals surface area (Å²) in [7, 11) is -2.17. The summed E-state index contributed by atoms with van der Waals surface area (Å²) in [5.74, 6) is -0.960. The van der Waals surface area contributed by atoms with Gasteiger partial charge in [-0.3, -0.25) is 0 Å². The quantitative estimate of drug-likeness (QED) is 0.570. The van der Waals surface area contributed by atoms with Crippen LogP contribution in [0.3, 0.4) is 0 Å². The molecule has 0 aliphatic heterocycles. The summed E-state index contributed by atoms with van der Waals surface area (Å²) < 4.78 is 4.89. The summed E-state index contributed by atoms with van der Waals surface area (Å²) in [6, 6.07) is 4.64. The topological polar surface area (TPSA) is 107 Å². The molecule has 4 N–H and O–H groups in total. The normalized spacial score (nSPS) is 8.29. The zero-order valence-corrected chi connectivity index (χ0v) is 10.0. The monoisotopic (exact) mass is 320 g/mol. The SMILES string of the molecule is O=C(O)c1cccc(Br)c1OCl.OB(O)O.[LiH]. The molecular formula is C7H8BBrClLiO6. The first-order valence-electron chi connectivity index (χ1n) is 3.74. The van der Waals surface area contributed by atoms with Crippen LogP contribution >= 0.6 is 27.8 Å². The van der Waals surface area contributed by atoms with Crippen molar-refractivity contribution in [3.63, 3.8) is 0 Å². The average molecular weight is 321 g/mol. The second-order valence-corrected chi connectivity index (χ2v) is 3.35. The molecule has 90 valence electrons. The summed E-state index contributed by atoms with van der Waals surface area (Å²) in [5, 5.41) is 30.2. The van der Waals surface area contributed by atoms with Crippen LogP contribution in [0.1, 0.15) is 10.4 Å². The van der Waals surface area contributed by atoms with E-state index in [4.69, 9.17) is 32.0 Å². The van der Waals surface area contributed by atoms with Crippen molar-refractivity contribution >= 4 is 59.9 Å². The average Bonchev–Trinajstić information content (AvgIpc) is 2.16. The van der Waals surface area contributed by atoms with E-state index < -0.39 is 13.3 Å². The number of hydrogen-bond donors (Lipinski definition) is 4. The van der Waals surface area contributed by atoms with Gasteiger partial charge in [0.1, 0.15) is 17.4 Å². The van der Waals surface area contributed by atoms with Crippen LogP contribution in [0.25, 0.3) is 0 Å². The Bertz CT molecular complexity index is 363. The molecule has 0 amide bonds. The Morgan fingerprint density at radius 3 is 2.12 bits per heavy atom. The number of carboxylic acid groups (broad SMARTS) is 1. The first-order chi connectivity index (χ1) is 7.40. The van der Waals surface area contributed by atoms with Crippen LogP contribution in [0.15, 0.2) is 22.7 Å². The molecule has 1 aromatic carbocycles. The maximum atomic E-state index is 10.6. The molecule has 0 heterocycles. The molecule has 0 atom stereocenters. The van der Waals surface area contributed by atoms with Gasteiger partial charge in [-0.05, 0) is 28.1 Å². The number of benzene rings is 1. The molecule has 0 aliphatic carbocycles. The van der Waals surface area contributed by atoms with Crippen LogP contribution in [0.2, 0.25) is 0 Å². The van der Waals surface area contributed by atoms with Crippen molar-refractivity contribution in [1.29, 1.82) is 0 Å². The van der Waals surface area contributed by atoms with Crippen molar-refractivity contribution in [2.24, 2.45) is 0 Å². The van der Waals surface area contributed by atoms with E-state index in [-0.39, 0.29) is 30.2 Å². The van der Waals surface area contributed by atoms with Gasteiger partial charge in [0.15, 0.2) is 5.75 Å². The standard InChI is InChI=1S/C7H4BrClO3.BH3O3.Li.H/c8-5-3-1-2-4(7(10)11)6(5)12-9;2-1(3)4;;/h1-3H,(H,10,11);2-4H;;. The Balaban J connectivity index is 0. The van der Waals surface area contributed by atoms with Crippen LogP contribution in [0.5, 0.6) is 5.75 Å². The van der Waals surface area contributed by atoms with E-state index in [1.54, 1.807) is 12.1 Å². The van der Waals surface area contributed by atoms with Gasteiger partial charge >= 0.3 is 32.2 Å². The molecule has 6 nitrogen and oxygen atoms in total. The van der Waals surface area contributed by atoms with Crippen molar-refractivity contribution in [2.45, 2.75) is 0 Å². The molecule has 0 radical (unpaired) electrons. The van der Waals surface area contributed by atoms with Crippen LogP contribution in [-0.4, -0.2) is 52.3 Å². The zero-order valence-electron chi connectivity index (χ0n) is 7.67. The molecule has 1 aromatic rings. The third-order valence-corrected chi connectivity index (χ3v) is 2.05. The Morgan fingerprint density at radius 2 is 1.82 bits per heavy atom. The van der Waals surface area contributed by atoms with Gasteiger partial charge in [-0.15, -0.1) is 0 Å². The number of aromatic carboxylic acids is 1. The van der Waals surface area contributed by atoms with E-state index in [0.717, 1.165) is 0 Å². The number of hydrogen-bond acceptors (Lipinski definition) is 5. The van der Waals surface area contributed by atoms with Crippen LogP contribution in [0, 0.1) is 0 Å². The minimum absolute atomic E-state index is 0. The number of carboxylic acids is 1. The molecule has 0 bridgehead atoms. The van der Waals surface area contributed by atoms with Gasteiger partial charge < -0.3 is 24.5 Å². The molecule has 0 saturated carbocycles. The van der Waals surface area contributed by atoms with Gasteiger partial charge in [0.2, 0.25) is 0 Å². The van der Waals surface area contributed by atoms with Crippen LogP contribution < -0.4 is 4.29 Å². The summed E-state index contributed by atoms with van der Waals surface area (Å²) in [5.41, 5.74) is 0.0272. The molecule has 0 aromatic heterocycles. The van der Waals surface area contributed by atoms with E-state index >= 15 is 0 Å². The Hall–Kier alpha value is -0.198. The van der Waals surface area contributed by atoms with Gasteiger partial charge in [0.05, 0.1) is 4.47 Å². The molecule has 0 spiro atoms. The van der Waals surface area contributed by atoms with Crippen molar-refractivity contribution in [2.75, 3.05) is 0 Å². The molecule has 1 rings (SSSR count). The minimum atomic E-state index is -2.17. The molecule has 0 unspecified atom stereocenters. The van der Waals surface area contributed by atoms with E-state index in [1.807, 2.05) is 0 Å². The Labute approximate surface area is 123 Å². The zero-order chi connectivity index (χ0) is 12.7. The summed E-state index contributed by atoms with van der Waals surface area (Å²) in [4.78, 5) is 10.6. The number of rotatable bonds is 2. The van der Waals surface area contributed by atoms with Crippen LogP contribution in [0.4, 0.5) is 0 Å². The van der Waals surface area contributed by atoms with E-state index in [1.165, 1.54) is 6.07 Å². The number of para-hydroxylation sites is 1. The second kappa shape index (κ2) is 9.79. The molecule has 10 heteroatoms. The van der Waals surface area contributed by atoms with Crippen molar-refractivity contribution in [3.05, 3.63) is 28.2 Å². The fraction of sp³-hybridized carbons (Fsp3) is 0. The van der Waals surface area contributed by atoms with E-state index in [2.05, 4.69) is 20.2 Å². The van der Waals surface area contributed by atoms with Crippen molar-refractivity contribution in [1.82, 2.24) is 0 Å². The first kappa shape index (κ1) is 19.1. The molecule has 0 aliphatic rings. The van der Waals surface area contributed by atoms with E-state index in [9.17, 15) is 4.79 Å². The van der Waals surface area contributed by atoms with Crippen LogP contribution in [-0.2, 0) is 0 Å². The fourth-order valence-electron chi connectivity index (χ4n) is 0.756. The molecule has 0 fully saturated rings. The summed E-state index contributed by atoms with van der Waals surface area (Å²) in [6.45, 7) is 0. The fourth-order valence-corrected chi connectivity index (χ4v) is 1.46. The number of carbonyl (C=O) groups is 1. The van der Waals surface area contributed by atoms with Gasteiger partial charge in [-0.1, -0.05) is 6.07 Å². The third kappa shape index (κ3) is 7.68. The summed E-state index contributed by atoms with van der Waals surface area (Å²) >= 11 is 8.19. The molecule has 17 heavy (non-hydrogen) atoms. The van der Waals surface area contributed by atoms with Crippen molar-refractivity contribution in [3.8, 4) is 5.75 Å². The second-order valence-electron chi connectivity index (χ2n) is 2.35. The van der Waals surface area contributed by atoms with Gasteiger partial charge in [-0.25, -0.2) is 4.79 Å². The third-order valence-electron chi connectivity index (χ3n) is 1.27. The van der Waals surface area contributed by atoms with Crippen molar-refractivity contribution < 1.29 is 29.3 Å². The van der Waals surface area contributed by atoms with Gasteiger partial charge in [0, 0.05) is 0 Å². The number of halogens is 2. The first-order valence-corrected chi connectivity index (χ1v) is 4.85. The van der Waals surface area contributed by atoms with Gasteiger partial charge in [-0.2, -0.15) is 0 Å². The Morgan fingerprint density at radius 1 is 1.35 bits per heavy atom. The Kier molecular flexibility index (Phi) is 11.0. The maximum absolute atomic E-state index is 10.6.